The number of hydrogen-bond acceptors (Lipinski definition) is 6. The number of carbonyl (C=O) groups is 3. The Kier molecular flexibility index (Phi) is 10.2. The smallest absolute Gasteiger partial charge is 0.411 e. The highest BCUT2D eigenvalue weighted by Crippen LogP contribution is 2.24. The number of nitrogens with zero attached hydrogens (tertiary/aromatic N) is 1. The number of hydrogen-bond donors (Lipinski definition) is 2. The van der Waals surface area contributed by atoms with E-state index in [2.05, 4.69) is 15.5 Å². The van der Waals surface area contributed by atoms with Crippen molar-refractivity contribution in [3.8, 4) is 5.75 Å². The second-order valence-electron chi connectivity index (χ2n) is 9.57. The molecule has 0 bridgehead atoms. The molecule has 0 aliphatic carbocycles. The van der Waals surface area contributed by atoms with Crippen molar-refractivity contribution in [3.05, 3.63) is 95.3 Å². The van der Waals surface area contributed by atoms with E-state index >= 15 is 0 Å². The van der Waals surface area contributed by atoms with E-state index in [1.54, 1.807) is 25.1 Å². The molecule has 8 nitrogen and oxygen atoms in total. The summed E-state index contributed by atoms with van der Waals surface area (Å²) in [5, 5.41) is 5.55. The number of rotatable bonds is 11. The lowest BCUT2D eigenvalue weighted by molar-refractivity contribution is 0.0839. The number of Topliss-reactive ketones (excluding diaryl/α,β-unsaturated/α-hetero) is 1. The van der Waals surface area contributed by atoms with Crippen LogP contribution in [0.3, 0.4) is 0 Å². The number of halogens is 1. The molecular formula is C31H34FN3O5. The van der Waals surface area contributed by atoms with Gasteiger partial charge in [0.15, 0.2) is 5.78 Å². The fraction of sp³-hybridized carbons (Fsp3) is 0.323. The van der Waals surface area contributed by atoms with Crippen LogP contribution < -0.4 is 15.4 Å². The van der Waals surface area contributed by atoms with Gasteiger partial charge in [0, 0.05) is 24.6 Å². The topological polar surface area (TPSA) is 97.0 Å². The van der Waals surface area contributed by atoms with E-state index in [9.17, 15) is 18.8 Å². The molecule has 0 unspecified atom stereocenters. The first kappa shape index (κ1) is 28.8. The first-order chi connectivity index (χ1) is 19.4. The summed E-state index contributed by atoms with van der Waals surface area (Å²) in [7, 11) is 0. The third-order valence-electron chi connectivity index (χ3n) is 6.80. The Morgan fingerprint density at radius 1 is 0.975 bits per heavy atom. The first-order valence-electron chi connectivity index (χ1n) is 13.5. The number of nitrogens with one attached hydrogen (secondary N) is 2. The molecular weight excluding hydrogens is 513 g/mol. The van der Waals surface area contributed by atoms with Crippen molar-refractivity contribution >= 4 is 23.5 Å². The molecule has 4 rings (SSSR count). The van der Waals surface area contributed by atoms with Gasteiger partial charge in [0.05, 0.1) is 17.9 Å². The Morgan fingerprint density at radius 2 is 1.70 bits per heavy atom. The van der Waals surface area contributed by atoms with Crippen molar-refractivity contribution in [2.45, 2.75) is 26.4 Å². The molecule has 210 valence electrons. The molecule has 1 heterocycles. The van der Waals surface area contributed by atoms with Crippen molar-refractivity contribution < 1.29 is 28.2 Å². The van der Waals surface area contributed by atoms with Crippen LogP contribution >= 0.6 is 0 Å². The molecule has 2 amide bonds. The second-order valence-corrected chi connectivity index (χ2v) is 9.57. The SMILES string of the molecule is CCOC(=O)Nc1ccc(OCc2ccccc2)cc1C(=O)NCCN1CCC(C(=O)c2ccc(F)cc2)CC1. The van der Waals surface area contributed by atoms with E-state index in [0.29, 0.717) is 49.5 Å². The molecule has 0 aromatic heterocycles. The van der Waals surface area contributed by atoms with Gasteiger partial charge >= 0.3 is 6.09 Å². The van der Waals surface area contributed by atoms with Crippen LogP contribution in [0, 0.1) is 11.7 Å². The number of ketones is 1. The molecule has 1 saturated heterocycles. The standard InChI is InChI=1S/C31H34FN3O5/c1-2-39-31(38)34-28-13-12-26(40-21-22-6-4-3-5-7-22)20-27(28)30(37)33-16-19-35-17-14-24(15-18-35)29(36)23-8-10-25(32)11-9-23/h3-13,20,24H,2,14-19,21H2,1H3,(H,33,37)(H,34,38). The van der Waals surface area contributed by atoms with Gasteiger partial charge in [-0.25, -0.2) is 9.18 Å². The van der Waals surface area contributed by atoms with Gasteiger partial charge < -0.3 is 19.7 Å². The van der Waals surface area contributed by atoms with Crippen LogP contribution in [0.1, 0.15) is 46.0 Å². The predicted molar refractivity (Wildman–Crippen MR) is 150 cm³/mol. The van der Waals surface area contributed by atoms with E-state index < -0.39 is 6.09 Å². The van der Waals surface area contributed by atoms with Gasteiger partial charge in [-0.05, 0) is 80.9 Å². The van der Waals surface area contributed by atoms with Gasteiger partial charge in [-0.2, -0.15) is 0 Å². The largest absolute Gasteiger partial charge is 0.489 e. The van der Waals surface area contributed by atoms with Crippen LogP contribution in [0.15, 0.2) is 72.8 Å². The van der Waals surface area contributed by atoms with Crippen LogP contribution in [0.2, 0.25) is 0 Å². The number of benzene rings is 3. The van der Waals surface area contributed by atoms with Crippen molar-refractivity contribution in [1.82, 2.24) is 10.2 Å². The number of anilines is 1. The Hall–Kier alpha value is -4.24. The molecule has 9 heteroatoms. The predicted octanol–water partition coefficient (Wildman–Crippen LogP) is 5.30. The highest BCUT2D eigenvalue weighted by atomic mass is 19.1. The van der Waals surface area contributed by atoms with Crippen LogP contribution in [0.4, 0.5) is 14.9 Å². The van der Waals surface area contributed by atoms with Gasteiger partial charge in [-0.15, -0.1) is 0 Å². The maximum absolute atomic E-state index is 13.2. The van der Waals surface area contributed by atoms with E-state index in [1.807, 2.05) is 30.3 Å². The highest BCUT2D eigenvalue weighted by Gasteiger charge is 2.26. The summed E-state index contributed by atoms with van der Waals surface area (Å²) in [4.78, 5) is 40.1. The van der Waals surface area contributed by atoms with Gasteiger partial charge in [0.2, 0.25) is 0 Å². The van der Waals surface area contributed by atoms with E-state index in [4.69, 9.17) is 9.47 Å². The van der Waals surface area contributed by atoms with Crippen molar-refractivity contribution in [2.24, 2.45) is 5.92 Å². The summed E-state index contributed by atoms with van der Waals surface area (Å²) < 4.78 is 24.0. The number of piperidine rings is 1. The lowest BCUT2D eigenvalue weighted by atomic mass is 9.89. The zero-order chi connectivity index (χ0) is 28.3. The average molecular weight is 548 g/mol. The molecule has 0 atom stereocenters. The molecule has 3 aromatic carbocycles. The summed E-state index contributed by atoms with van der Waals surface area (Å²) in [6.45, 7) is 4.72. The summed E-state index contributed by atoms with van der Waals surface area (Å²) in [5.74, 6) is -0.256. The Labute approximate surface area is 233 Å². The number of likely N-dealkylation sites (tertiary alicyclic amines) is 1. The third-order valence-corrected chi connectivity index (χ3v) is 6.80. The Bertz CT molecular complexity index is 1290. The Morgan fingerprint density at radius 3 is 2.40 bits per heavy atom. The van der Waals surface area contributed by atoms with Gasteiger partial charge in [0.25, 0.3) is 5.91 Å². The van der Waals surface area contributed by atoms with Crippen LogP contribution in [-0.4, -0.2) is 55.5 Å². The van der Waals surface area contributed by atoms with Crippen molar-refractivity contribution in [1.29, 1.82) is 0 Å². The van der Waals surface area contributed by atoms with Crippen molar-refractivity contribution in [3.63, 3.8) is 0 Å². The maximum Gasteiger partial charge on any atom is 0.411 e. The minimum absolute atomic E-state index is 0.0453. The zero-order valence-electron chi connectivity index (χ0n) is 22.5. The van der Waals surface area contributed by atoms with Crippen LogP contribution in [-0.2, 0) is 11.3 Å². The van der Waals surface area contributed by atoms with Crippen LogP contribution in [0.25, 0.3) is 0 Å². The summed E-state index contributed by atoms with van der Waals surface area (Å²) >= 11 is 0. The fourth-order valence-corrected chi connectivity index (χ4v) is 4.62. The normalized spacial score (nSPS) is 13.8. The average Bonchev–Trinajstić information content (AvgIpc) is 2.97. The minimum Gasteiger partial charge on any atom is -0.489 e. The van der Waals surface area contributed by atoms with Gasteiger partial charge in [-0.3, -0.25) is 14.9 Å². The molecule has 0 radical (unpaired) electrons. The second kappa shape index (κ2) is 14.2. The lowest BCUT2D eigenvalue weighted by Gasteiger charge is -2.31. The van der Waals surface area contributed by atoms with Gasteiger partial charge in [-0.1, -0.05) is 30.3 Å². The summed E-state index contributed by atoms with van der Waals surface area (Å²) in [6.07, 6.45) is 0.768. The Balaban J connectivity index is 1.31. The van der Waals surface area contributed by atoms with Crippen LogP contribution in [0.5, 0.6) is 5.75 Å². The summed E-state index contributed by atoms with van der Waals surface area (Å²) in [6, 6.07) is 20.3. The molecule has 2 N–H and O–H groups in total. The molecule has 3 aromatic rings. The molecule has 40 heavy (non-hydrogen) atoms. The van der Waals surface area contributed by atoms with Gasteiger partial charge in [0.1, 0.15) is 18.2 Å². The minimum atomic E-state index is -0.646. The fourth-order valence-electron chi connectivity index (χ4n) is 4.62. The molecule has 1 aliphatic rings. The van der Waals surface area contributed by atoms with E-state index in [1.165, 1.54) is 24.3 Å². The van der Waals surface area contributed by atoms with Crippen molar-refractivity contribution in [2.75, 3.05) is 38.1 Å². The van der Waals surface area contributed by atoms with E-state index in [-0.39, 0.29) is 35.6 Å². The molecule has 0 spiro atoms. The highest BCUT2D eigenvalue weighted by molar-refractivity contribution is 6.03. The number of amides is 2. The molecule has 1 fully saturated rings. The van der Waals surface area contributed by atoms with E-state index in [0.717, 1.165) is 18.7 Å². The monoisotopic (exact) mass is 547 g/mol. The summed E-state index contributed by atoms with van der Waals surface area (Å²) in [5.41, 5.74) is 2.12. The number of carbonyl (C=O) groups excluding carboxylic acids is 3. The molecule has 0 saturated carbocycles. The number of ether oxygens (including phenoxy) is 2. The first-order valence-corrected chi connectivity index (χ1v) is 13.5. The molecule has 1 aliphatic heterocycles. The lowest BCUT2D eigenvalue weighted by Crippen LogP contribution is -2.41. The zero-order valence-corrected chi connectivity index (χ0v) is 22.5. The maximum atomic E-state index is 13.2. The quantitative estimate of drug-likeness (QED) is 0.317. The third kappa shape index (κ3) is 8.13.